The molecule has 2 N–H and O–H groups in total. The van der Waals surface area contributed by atoms with Gasteiger partial charge >= 0.3 is 0 Å². The molecule has 0 saturated carbocycles. The number of halogens is 1. The Morgan fingerprint density at radius 3 is 2.69 bits per heavy atom. The van der Waals surface area contributed by atoms with E-state index in [0.29, 0.717) is 29.7 Å². The van der Waals surface area contributed by atoms with Crippen LogP contribution in [0, 0.1) is 0 Å². The maximum Gasteiger partial charge on any atom is 0.161 e. The molecule has 2 aromatic carbocycles. The molecule has 148 valence electrons. The molecule has 6 heteroatoms. The highest BCUT2D eigenvalue weighted by Crippen LogP contribution is 2.35. The Morgan fingerprint density at radius 1 is 1.07 bits per heavy atom. The molecule has 1 atom stereocenters. The third-order valence-electron chi connectivity index (χ3n) is 4.67. The van der Waals surface area contributed by atoms with Crippen molar-refractivity contribution in [3.05, 3.63) is 88.7 Å². The Labute approximate surface area is 173 Å². The van der Waals surface area contributed by atoms with E-state index in [4.69, 9.17) is 21.1 Å². The lowest BCUT2D eigenvalue weighted by atomic mass is 10.0. The molecular formula is C23H21ClN2O3. The third-order valence-corrected chi connectivity index (χ3v) is 4.92. The lowest BCUT2D eigenvalue weighted by Gasteiger charge is -2.16. The summed E-state index contributed by atoms with van der Waals surface area (Å²) < 4.78 is 11.7. The number of H-pyrrole nitrogens is 1. The summed E-state index contributed by atoms with van der Waals surface area (Å²) in [5.41, 5.74) is 3.24. The zero-order valence-electron chi connectivity index (χ0n) is 15.9. The number of ether oxygens (including phenoxy) is 2. The van der Waals surface area contributed by atoms with Gasteiger partial charge in [-0.25, -0.2) is 4.98 Å². The van der Waals surface area contributed by atoms with E-state index in [1.54, 1.807) is 12.4 Å². The maximum atomic E-state index is 10.9. The molecule has 0 aliphatic heterocycles. The van der Waals surface area contributed by atoms with Gasteiger partial charge in [-0.3, -0.25) is 0 Å². The Morgan fingerprint density at radius 2 is 1.90 bits per heavy atom. The van der Waals surface area contributed by atoms with Crippen molar-refractivity contribution in [2.45, 2.75) is 19.6 Å². The van der Waals surface area contributed by atoms with Crippen LogP contribution in [0.2, 0.25) is 5.02 Å². The van der Waals surface area contributed by atoms with Gasteiger partial charge in [0.15, 0.2) is 11.5 Å². The van der Waals surface area contributed by atoms with Crippen LogP contribution in [0.1, 0.15) is 29.7 Å². The number of pyridine rings is 1. The normalized spacial score (nSPS) is 12.1. The van der Waals surface area contributed by atoms with E-state index in [0.717, 1.165) is 27.7 Å². The fourth-order valence-electron chi connectivity index (χ4n) is 3.21. The summed E-state index contributed by atoms with van der Waals surface area (Å²) in [6.07, 6.45) is 2.69. The van der Waals surface area contributed by atoms with Gasteiger partial charge in [0.1, 0.15) is 18.4 Å². The molecular weight excluding hydrogens is 388 g/mol. The molecule has 0 bridgehead atoms. The molecule has 1 unspecified atom stereocenters. The smallest absolute Gasteiger partial charge is 0.161 e. The standard InChI is InChI=1S/C23H21ClN2O3/c1-2-28-21-12-16(22(27)19-13-26-23-18(19)4-3-11-25-23)7-10-20(21)29-14-15-5-8-17(24)9-6-15/h3-13,22,27H,2,14H2,1H3,(H,25,26). The summed E-state index contributed by atoms with van der Waals surface area (Å²) in [4.78, 5) is 7.37. The first-order chi connectivity index (χ1) is 14.2. The van der Waals surface area contributed by atoms with Crippen LogP contribution in [0.15, 0.2) is 67.0 Å². The van der Waals surface area contributed by atoms with Gasteiger partial charge in [0, 0.05) is 28.4 Å². The number of hydrogen-bond acceptors (Lipinski definition) is 4. The first kappa shape index (κ1) is 19.3. The van der Waals surface area contributed by atoms with E-state index in [9.17, 15) is 5.11 Å². The summed E-state index contributed by atoms with van der Waals surface area (Å²) in [7, 11) is 0. The molecule has 4 aromatic rings. The molecule has 4 rings (SSSR count). The Balaban J connectivity index is 1.58. The van der Waals surface area contributed by atoms with Crippen LogP contribution in [0.3, 0.4) is 0 Å². The van der Waals surface area contributed by atoms with Crippen molar-refractivity contribution in [3.63, 3.8) is 0 Å². The molecule has 5 nitrogen and oxygen atoms in total. The van der Waals surface area contributed by atoms with Gasteiger partial charge in [-0.2, -0.15) is 0 Å². The second kappa shape index (κ2) is 8.55. The Hall–Kier alpha value is -3.02. The number of benzene rings is 2. The zero-order chi connectivity index (χ0) is 20.2. The predicted molar refractivity (Wildman–Crippen MR) is 114 cm³/mol. The van der Waals surface area contributed by atoms with E-state index in [2.05, 4.69) is 9.97 Å². The van der Waals surface area contributed by atoms with Gasteiger partial charge in [-0.15, -0.1) is 0 Å². The van der Waals surface area contributed by atoms with Crippen molar-refractivity contribution >= 4 is 22.6 Å². The minimum atomic E-state index is -0.808. The number of aromatic nitrogens is 2. The number of aromatic amines is 1. The summed E-state index contributed by atoms with van der Waals surface area (Å²) in [6, 6.07) is 16.8. The SMILES string of the molecule is CCOc1cc(C(O)c2c[nH]c3ncccc23)ccc1OCc1ccc(Cl)cc1. The van der Waals surface area contributed by atoms with Gasteiger partial charge in [0.25, 0.3) is 0 Å². The summed E-state index contributed by atoms with van der Waals surface area (Å²) in [6.45, 7) is 2.80. The fourth-order valence-corrected chi connectivity index (χ4v) is 3.33. The number of nitrogens with zero attached hydrogens (tertiary/aromatic N) is 1. The van der Waals surface area contributed by atoms with Crippen LogP contribution in [-0.4, -0.2) is 21.7 Å². The van der Waals surface area contributed by atoms with Gasteiger partial charge in [0.2, 0.25) is 0 Å². The minimum absolute atomic E-state index is 0.396. The van der Waals surface area contributed by atoms with E-state index in [1.807, 2.05) is 61.5 Å². The molecule has 2 aromatic heterocycles. The first-order valence-electron chi connectivity index (χ1n) is 9.39. The van der Waals surface area contributed by atoms with Crippen molar-refractivity contribution in [1.29, 1.82) is 0 Å². The lowest BCUT2D eigenvalue weighted by Crippen LogP contribution is -2.03. The largest absolute Gasteiger partial charge is 0.490 e. The average Bonchev–Trinajstić information content (AvgIpc) is 3.18. The summed E-state index contributed by atoms with van der Waals surface area (Å²) >= 11 is 5.93. The van der Waals surface area contributed by atoms with Crippen LogP contribution in [-0.2, 0) is 6.61 Å². The van der Waals surface area contributed by atoms with Crippen molar-refractivity contribution in [2.75, 3.05) is 6.61 Å². The molecule has 0 saturated heterocycles. The number of nitrogens with one attached hydrogen (secondary N) is 1. The fraction of sp³-hybridized carbons (Fsp3) is 0.174. The minimum Gasteiger partial charge on any atom is -0.490 e. The van der Waals surface area contributed by atoms with Gasteiger partial charge < -0.3 is 19.6 Å². The average molecular weight is 409 g/mol. The van der Waals surface area contributed by atoms with E-state index in [-0.39, 0.29) is 0 Å². The second-order valence-corrected chi connectivity index (χ2v) is 7.04. The highest BCUT2D eigenvalue weighted by Gasteiger charge is 2.18. The van der Waals surface area contributed by atoms with Gasteiger partial charge in [0.05, 0.1) is 6.61 Å². The highest BCUT2D eigenvalue weighted by atomic mass is 35.5. The van der Waals surface area contributed by atoms with Crippen molar-refractivity contribution < 1.29 is 14.6 Å². The van der Waals surface area contributed by atoms with Crippen LogP contribution in [0.4, 0.5) is 0 Å². The number of aliphatic hydroxyl groups excluding tert-OH is 1. The molecule has 0 aliphatic carbocycles. The summed E-state index contributed by atoms with van der Waals surface area (Å²) in [5.74, 6) is 1.22. The van der Waals surface area contributed by atoms with Gasteiger partial charge in [-0.05, 0) is 54.4 Å². The van der Waals surface area contributed by atoms with Crippen LogP contribution in [0.5, 0.6) is 11.5 Å². The number of hydrogen-bond donors (Lipinski definition) is 2. The second-order valence-electron chi connectivity index (χ2n) is 6.60. The zero-order valence-corrected chi connectivity index (χ0v) is 16.7. The maximum absolute atomic E-state index is 10.9. The van der Waals surface area contributed by atoms with E-state index >= 15 is 0 Å². The molecule has 0 fully saturated rings. The first-order valence-corrected chi connectivity index (χ1v) is 9.77. The van der Waals surface area contributed by atoms with Crippen LogP contribution >= 0.6 is 11.6 Å². The van der Waals surface area contributed by atoms with Crippen molar-refractivity contribution in [1.82, 2.24) is 9.97 Å². The molecule has 0 radical (unpaired) electrons. The number of aliphatic hydroxyl groups is 1. The van der Waals surface area contributed by atoms with Crippen molar-refractivity contribution in [2.24, 2.45) is 0 Å². The monoisotopic (exact) mass is 408 g/mol. The number of fused-ring (bicyclic) bond motifs is 1. The van der Waals surface area contributed by atoms with E-state index in [1.165, 1.54) is 0 Å². The molecule has 2 heterocycles. The van der Waals surface area contributed by atoms with Crippen molar-refractivity contribution in [3.8, 4) is 11.5 Å². The molecule has 0 spiro atoms. The lowest BCUT2D eigenvalue weighted by molar-refractivity contribution is 0.220. The van der Waals surface area contributed by atoms with Crippen LogP contribution in [0.25, 0.3) is 11.0 Å². The van der Waals surface area contributed by atoms with Crippen LogP contribution < -0.4 is 9.47 Å². The Bertz CT molecular complexity index is 1110. The predicted octanol–water partition coefficient (Wildman–Crippen LogP) is 5.28. The highest BCUT2D eigenvalue weighted by molar-refractivity contribution is 6.30. The third kappa shape index (κ3) is 4.21. The molecule has 0 amide bonds. The topological polar surface area (TPSA) is 67.4 Å². The number of rotatable bonds is 7. The molecule has 0 aliphatic rings. The Kier molecular flexibility index (Phi) is 5.69. The quantitative estimate of drug-likeness (QED) is 0.436. The molecule has 29 heavy (non-hydrogen) atoms. The summed E-state index contributed by atoms with van der Waals surface area (Å²) in [5, 5.41) is 12.5. The van der Waals surface area contributed by atoms with Gasteiger partial charge in [-0.1, -0.05) is 29.8 Å². The van der Waals surface area contributed by atoms with E-state index < -0.39 is 6.10 Å².